The summed E-state index contributed by atoms with van der Waals surface area (Å²) in [6.07, 6.45) is 4.51. The van der Waals surface area contributed by atoms with E-state index in [1.165, 1.54) is 30.4 Å². The van der Waals surface area contributed by atoms with Crippen molar-refractivity contribution < 1.29 is 33.0 Å². The molecule has 4 aromatic rings. The van der Waals surface area contributed by atoms with Crippen molar-refractivity contribution in [2.45, 2.75) is 61.3 Å². The molecule has 0 saturated carbocycles. The lowest BCUT2D eigenvalue weighted by Gasteiger charge is -2.33. The molecule has 0 saturated heterocycles. The normalized spacial score (nSPS) is 14.6. The van der Waals surface area contributed by atoms with Gasteiger partial charge >= 0.3 is 11.9 Å². The fraction of sp³-hybridized carbons (Fsp3) is 0.353. The van der Waals surface area contributed by atoms with Gasteiger partial charge in [-0.05, 0) is 80.1 Å². The van der Waals surface area contributed by atoms with Crippen molar-refractivity contribution in [2.75, 3.05) is 20.2 Å². The molecule has 0 radical (unpaired) electrons. The SMILES string of the molecule is CC(C)c1c(S(=O)(=O)c2ccc(OCCCN(C)C3CCCc4ccccc43)cc2)c2ccccc2n1C.O=C(O)C(=O)O. The van der Waals surface area contributed by atoms with E-state index in [1.54, 1.807) is 24.3 Å². The molecule has 0 fully saturated rings. The summed E-state index contributed by atoms with van der Waals surface area (Å²) in [5.41, 5.74) is 4.70. The number of para-hydroxylation sites is 1. The first kappa shape index (κ1) is 32.8. The zero-order chi connectivity index (χ0) is 32.0. The largest absolute Gasteiger partial charge is 0.494 e. The van der Waals surface area contributed by atoms with Crippen LogP contribution in [0.4, 0.5) is 0 Å². The van der Waals surface area contributed by atoms with E-state index in [0.717, 1.165) is 29.6 Å². The Kier molecular flexibility index (Phi) is 10.5. The lowest BCUT2D eigenvalue weighted by molar-refractivity contribution is -0.159. The topological polar surface area (TPSA) is 126 Å². The molecule has 1 aliphatic carbocycles. The number of aryl methyl sites for hydroxylation is 2. The molecule has 44 heavy (non-hydrogen) atoms. The van der Waals surface area contributed by atoms with E-state index >= 15 is 0 Å². The number of benzene rings is 3. The van der Waals surface area contributed by atoms with Gasteiger partial charge in [0.15, 0.2) is 0 Å². The van der Waals surface area contributed by atoms with Crippen LogP contribution in [0.15, 0.2) is 82.6 Å². The second-order valence-corrected chi connectivity index (χ2v) is 13.2. The number of carboxylic acids is 2. The van der Waals surface area contributed by atoms with E-state index in [-0.39, 0.29) is 5.92 Å². The molecular formula is C34H40N2O7S. The maximum absolute atomic E-state index is 13.8. The van der Waals surface area contributed by atoms with E-state index in [0.29, 0.717) is 28.2 Å². The number of sulfone groups is 1. The van der Waals surface area contributed by atoms with Gasteiger partial charge < -0.3 is 19.5 Å². The van der Waals surface area contributed by atoms with Gasteiger partial charge in [-0.25, -0.2) is 18.0 Å². The molecule has 1 atom stereocenters. The van der Waals surface area contributed by atoms with Gasteiger partial charge in [-0.3, -0.25) is 4.90 Å². The lowest BCUT2D eigenvalue weighted by Crippen LogP contribution is -2.29. The van der Waals surface area contributed by atoms with Crippen molar-refractivity contribution in [3.05, 3.63) is 89.6 Å². The second-order valence-electron chi connectivity index (χ2n) is 11.3. The molecule has 9 nitrogen and oxygen atoms in total. The number of ether oxygens (including phenoxy) is 1. The first-order valence-electron chi connectivity index (χ1n) is 14.7. The highest BCUT2D eigenvalue weighted by Crippen LogP contribution is 2.37. The van der Waals surface area contributed by atoms with Crippen molar-refractivity contribution in [3.63, 3.8) is 0 Å². The first-order chi connectivity index (χ1) is 20.9. The molecule has 10 heteroatoms. The third kappa shape index (κ3) is 7.14. The predicted octanol–water partition coefficient (Wildman–Crippen LogP) is 6.07. The van der Waals surface area contributed by atoms with Crippen LogP contribution >= 0.6 is 0 Å². The average molecular weight is 621 g/mol. The fourth-order valence-corrected chi connectivity index (χ4v) is 7.83. The standard InChI is InChI=1S/C32H38N2O3S.C2H2O4/c1-23(2)31-32(28-14-7-8-15-30(28)34(31)4)38(35,36)26-19-17-25(18-20-26)37-22-10-21-33(3)29-16-9-12-24-11-5-6-13-27(24)29;3-1(4)2(5)6/h5-8,11,13-15,17-20,23,29H,9-10,12,16,21-22H2,1-4H3;(H,3,4)(H,5,6). The number of carbonyl (C=O) groups is 2. The number of nitrogens with zero attached hydrogens (tertiary/aromatic N) is 2. The minimum atomic E-state index is -3.69. The summed E-state index contributed by atoms with van der Waals surface area (Å²) in [6, 6.07) is 23.9. The molecule has 0 aliphatic heterocycles. The highest BCUT2D eigenvalue weighted by molar-refractivity contribution is 7.91. The summed E-state index contributed by atoms with van der Waals surface area (Å²) < 4.78 is 35.6. The summed E-state index contributed by atoms with van der Waals surface area (Å²) in [5.74, 6) is -2.89. The maximum Gasteiger partial charge on any atom is 0.414 e. The van der Waals surface area contributed by atoms with E-state index in [1.807, 2.05) is 49.7 Å². The van der Waals surface area contributed by atoms with E-state index < -0.39 is 21.8 Å². The predicted molar refractivity (Wildman–Crippen MR) is 169 cm³/mol. The van der Waals surface area contributed by atoms with E-state index in [4.69, 9.17) is 24.5 Å². The Morgan fingerprint density at radius 3 is 2.27 bits per heavy atom. The lowest BCUT2D eigenvalue weighted by atomic mass is 9.87. The summed E-state index contributed by atoms with van der Waals surface area (Å²) in [6.45, 7) is 5.61. The summed E-state index contributed by atoms with van der Waals surface area (Å²) in [5, 5.41) is 15.5. The first-order valence-corrected chi connectivity index (χ1v) is 16.2. The van der Waals surface area contributed by atoms with Crippen LogP contribution in [0.3, 0.4) is 0 Å². The van der Waals surface area contributed by atoms with Crippen LogP contribution in [0, 0.1) is 0 Å². The van der Waals surface area contributed by atoms with Gasteiger partial charge in [0, 0.05) is 36.2 Å². The molecule has 3 aromatic carbocycles. The van der Waals surface area contributed by atoms with Crippen LogP contribution < -0.4 is 4.74 Å². The molecule has 1 aromatic heterocycles. The zero-order valence-corrected chi connectivity index (χ0v) is 26.4. The number of fused-ring (bicyclic) bond motifs is 2. The van der Waals surface area contributed by atoms with Gasteiger partial charge in [0.1, 0.15) is 10.6 Å². The Morgan fingerprint density at radius 1 is 0.977 bits per heavy atom. The van der Waals surface area contributed by atoms with E-state index in [9.17, 15) is 8.42 Å². The van der Waals surface area contributed by atoms with Crippen molar-refractivity contribution in [3.8, 4) is 5.75 Å². The van der Waals surface area contributed by atoms with Crippen molar-refractivity contribution in [2.24, 2.45) is 7.05 Å². The highest BCUT2D eigenvalue weighted by Gasteiger charge is 2.29. The van der Waals surface area contributed by atoms with Crippen molar-refractivity contribution in [1.82, 2.24) is 9.47 Å². The van der Waals surface area contributed by atoms with Gasteiger partial charge in [0.05, 0.1) is 11.5 Å². The van der Waals surface area contributed by atoms with Gasteiger partial charge in [0.25, 0.3) is 0 Å². The molecule has 1 aliphatic rings. The molecule has 0 amide bonds. The number of carboxylic acid groups (broad SMARTS) is 2. The Labute approximate surface area is 258 Å². The summed E-state index contributed by atoms with van der Waals surface area (Å²) in [7, 11) is 0.449. The molecule has 2 N–H and O–H groups in total. The third-order valence-corrected chi connectivity index (χ3v) is 9.89. The van der Waals surface area contributed by atoms with Crippen LogP contribution in [0.2, 0.25) is 0 Å². The van der Waals surface area contributed by atoms with Gasteiger partial charge in [-0.1, -0.05) is 56.3 Å². The van der Waals surface area contributed by atoms with Crippen LogP contribution in [0.1, 0.15) is 61.9 Å². The molecule has 0 bridgehead atoms. The van der Waals surface area contributed by atoms with Gasteiger partial charge in [-0.15, -0.1) is 0 Å². The van der Waals surface area contributed by atoms with Crippen LogP contribution in [-0.4, -0.2) is 60.2 Å². The minimum absolute atomic E-state index is 0.0694. The van der Waals surface area contributed by atoms with Crippen molar-refractivity contribution in [1.29, 1.82) is 0 Å². The third-order valence-electron chi connectivity index (χ3n) is 8.03. The maximum atomic E-state index is 13.8. The smallest absolute Gasteiger partial charge is 0.414 e. The summed E-state index contributed by atoms with van der Waals surface area (Å²) >= 11 is 0. The number of rotatable bonds is 9. The average Bonchev–Trinajstić information content (AvgIpc) is 3.32. The Balaban J connectivity index is 0.000000670. The van der Waals surface area contributed by atoms with Gasteiger partial charge in [0.2, 0.25) is 9.84 Å². The van der Waals surface area contributed by atoms with Crippen LogP contribution in [-0.2, 0) is 32.9 Å². The Bertz CT molecular complexity index is 1710. The molecule has 0 spiro atoms. The van der Waals surface area contributed by atoms with Crippen LogP contribution in [0.5, 0.6) is 5.75 Å². The number of aliphatic carboxylic acids is 2. The van der Waals surface area contributed by atoms with Crippen LogP contribution in [0.25, 0.3) is 10.9 Å². The monoisotopic (exact) mass is 620 g/mol. The van der Waals surface area contributed by atoms with Crippen molar-refractivity contribution >= 4 is 32.7 Å². The molecule has 5 rings (SSSR count). The molecule has 1 heterocycles. The summed E-state index contributed by atoms with van der Waals surface area (Å²) in [4.78, 5) is 21.3. The van der Waals surface area contributed by atoms with E-state index in [2.05, 4.69) is 36.2 Å². The molecule has 234 valence electrons. The zero-order valence-electron chi connectivity index (χ0n) is 25.6. The molecular weight excluding hydrogens is 580 g/mol. The highest BCUT2D eigenvalue weighted by atomic mass is 32.2. The fourth-order valence-electron chi connectivity index (χ4n) is 5.99. The Morgan fingerprint density at radius 2 is 1.61 bits per heavy atom. The number of aromatic nitrogens is 1. The Hall–Kier alpha value is -4.15. The molecule has 1 unspecified atom stereocenters. The minimum Gasteiger partial charge on any atom is -0.494 e. The number of hydrogen-bond acceptors (Lipinski definition) is 6. The second kappa shape index (κ2) is 14.1. The quantitative estimate of drug-likeness (QED) is 0.171. The van der Waals surface area contributed by atoms with Gasteiger partial charge in [-0.2, -0.15) is 0 Å². The number of hydrogen-bond donors (Lipinski definition) is 2.